The fraction of sp³-hybridized carbons (Fsp3) is 0.600. The van der Waals surface area contributed by atoms with E-state index in [4.69, 9.17) is 14.2 Å². The molecule has 4 nitrogen and oxygen atoms in total. The van der Waals surface area contributed by atoms with Crippen LogP contribution in [0.4, 0.5) is 0 Å². The second-order valence-electron chi connectivity index (χ2n) is 4.93. The molecule has 106 valence electrons. The van der Waals surface area contributed by atoms with E-state index in [2.05, 4.69) is 5.32 Å². The summed E-state index contributed by atoms with van der Waals surface area (Å²) in [5.74, 6) is 3.01. The highest BCUT2D eigenvalue weighted by molar-refractivity contribution is 5.53. The number of rotatable bonds is 8. The van der Waals surface area contributed by atoms with Crippen LogP contribution in [0.2, 0.25) is 0 Å². The summed E-state index contributed by atoms with van der Waals surface area (Å²) in [5, 5.41) is 3.49. The highest BCUT2D eigenvalue weighted by Crippen LogP contribution is 2.38. The first-order valence-electron chi connectivity index (χ1n) is 6.78. The van der Waals surface area contributed by atoms with Gasteiger partial charge >= 0.3 is 0 Å². The minimum absolute atomic E-state index is 0.652. The third-order valence-electron chi connectivity index (χ3n) is 3.44. The second-order valence-corrected chi connectivity index (χ2v) is 4.93. The van der Waals surface area contributed by atoms with Gasteiger partial charge in [-0.3, -0.25) is 0 Å². The van der Waals surface area contributed by atoms with Crippen molar-refractivity contribution in [3.8, 4) is 17.2 Å². The third-order valence-corrected chi connectivity index (χ3v) is 3.44. The van der Waals surface area contributed by atoms with Crippen LogP contribution in [0, 0.1) is 5.92 Å². The molecule has 0 atom stereocenters. The number of benzene rings is 1. The Hall–Kier alpha value is -1.42. The summed E-state index contributed by atoms with van der Waals surface area (Å²) in [7, 11) is 4.91. The number of hydrogen-bond donors (Lipinski definition) is 1. The lowest BCUT2D eigenvalue weighted by atomic mass is 10.1. The standard InChI is InChI=1S/C15H23NO3/c1-17-13-8-12(6-7-16-10-11-4-5-11)9-14(18-2)15(13)19-3/h8-9,11,16H,4-7,10H2,1-3H3. The number of methoxy groups -OCH3 is 3. The molecule has 2 rings (SSSR count). The van der Waals surface area contributed by atoms with Crippen LogP contribution >= 0.6 is 0 Å². The van der Waals surface area contributed by atoms with Crippen LogP contribution in [0.15, 0.2) is 12.1 Å². The number of ether oxygens (including phenoxy) is 3. The molecule has 1 aromatic carbocycles. The Labute approximate surface area is 115 Å². The van der Waals surface area contributed by atoms with Crippen LogP contribution in [-0.4, -0.2) is 34.4 Å². The Kier molecular flexibility index (Phi) is 4.91. The Morgan fingerprint density at radius 3 is 2.16 bits per heavy atom. The van der Waals surface area contributed by atoms with Gasteiger partial charge in [-0.2, -0.15) is 0 Å². The zero-order valence-corrected chi connectivity index (χ0v) is 12.0. The van der Waals surface area contributed by atoms with E-state index in [0.717, 1.165) is 36.9 Å². The van der Waals surface area contributed by atoms with E-state index in [1.54, 1.807) is 21.3 Å². The molecular weight excluding hydrogens is 242 g/mol. The van der Waals surface area contributed by atoms with E-state index >= 15 is 0 Å². The van der Waals surface area contributed by atoms with Gasteiger partial charge < -0.3 is 19.5 Å². The van der Waals surface area contributed by atoms with Crippen molar-refractivity contribution in [2.24, 2.45) is 5.92 Å². The molecule has 1 N–H and O–H groups in total. The average Bonchev–Trinajstić information content (AvgIpc) is 3.26. The normalized spacial score (nSPS) is 14.3. The van der Waals surface area contributed by atoms with Gasteiger partial charge in [0.25, 0.3) is 0 Å². The van der Waals surface area contributed by atoms with Crippen molar-refractivity contribution in [3.05, 3.63) is 17.7 Å². The molecule has 19 heavy (non-hydrogen) atoms. The van der Waals surface area contributed by atoms with Gasteiger partial charge in [-0.25, -0.2) is 0 Å². The first-order valence-corrected chi connectivity index (χ1v) is 6.78. The van der Waals surface area contributed by atoms with Gasteiger partial charge in [-0.15, -0.1) is 0 Å². The predicted octanol–water partition coefficient (Wildman–Crippen LogP) is 2.25. The van der Waals surface area contributed by atoms with Gasteiger partial charge in [0, 0.05) is 0 Å². The quantitative estimate of drug-likeness (QED) is 0.732. The maximum atomic E-state index is 5.35. The van der Waals surface area contributed by atoms with Gasteiger partial charge in [0.2, 0.25) is 5.75 Å². The molecule has 0 heterocycles. The van der Waals surface area contributed by atoms with Gasteiger partial charge in [-0.1, -0.05) is 0 Å². The first-order chi connectivity index (χ1) is 9.28. The SMILES string of the molecule is COc1cc(CCNCC2CC2)cc(OC)c1OC. The molecule has 4 heteroatoms. The van der Waals surface area contributed by atoms with Crippen molar-refractivity contribution in [2.45, 2.75) is 19.3 Å². The van der Waals surface area contributed by atoms with Gasteiger partial charge in [0.05, 0.1) is 21.3 Å². The van der Waals surface area contributed by atoms with E-state index in [-0.39, 0.29) is 0 Å². The van der Waals surface area contributed by atoms with Gasteiger partial charge in [-0.05, 0) is 56.0 Å². The Bertz CT molecular complexity index is 391. The molecule has 0 saturated heterocycles. The fourth-order valence-corrected chi connectivity index (χ4v) is 2.14. The molecule has 0 bridgehead atoms. The van der Waals surface area contributed by atoms with Crippen LogP contribution in [0.25, 0.3) is 0 Å². The lowest BCUT2D eigenvalue weighted by Crippen LogP contribution is -2.19. The van der Waals surface area contributed by atoms with Crippen molar-refractivity contribution in [3.63, 3.8) is 0 Å². The maximum absolute atomic E-state index is 5.35. The molecule has 1 aromatic rings. The molecule has 1 aliphatic carbocycles. The lowest BCUT2D eigenvalue weighted by molar-refractivity contribution is 0.323. The summed E-state index contributed by atoms with van der Waals surface area (Å²) in [4.78, 5) is 0. The molecule has 1 aliphatic rings. The van der Waals surface area contributed by atoms with Crippen LogP contribution in [-0.2, 0) is 6.42 Å². The van der Waals surface area contributed by atoms with Crippen molar-refractivity contribution in [2.75, 3.05) is 34.4 Å². The molecule has 0 aliphatic heterocycles. The number of hydrogen-bond acceptors (Lipinski definition) is 4. The molecule has 0 aromatic heterocycles. The molecule has 0 radical (unpaired) electrons. The maximum Gasteiger partial charge on any atom is 0.203 e. The highest BCUT2D eigenvalue weighted by atomic mass is 16.5. The minimum atomic E-state index is 0.652. The smallest absolute Gasteiger partial charge is 0.203 e. The fourth-order valence-electron chi connectivity index (χ4n) is 2.14. The Balaban J connectivity index is 1.98. The number of nitrogens with one attached hydrogen (secondary N) is 1. The summed E-state index contributed by atoms with van der Waals surface area (Å²) < 4.78 is 16.0. The van der Waals surface area contributed by atoms with Crippen LogP contribution in [0.5, 0.6) is 17.2 Å². The van der Waals surface area contributed by atoms with Crippen LogP contribution in [0.3, 0.4) is 0 Å². The third kappa shape index (κ3) is 3.77. The van der Waals surface area contributed by atoms with E-state index in [9.17, 15) is 0 Å². The highest BCUT2D eigenvalue weighted by Gasteiger charge is 2.20. The summed E-state index contributed by atoms with van der Waals surface area (Å²) in [6, 6.07) is 4.03. The first kappa shape index (κ1) is 14.0. The van der Waals surface area contributed by atoms with Gasteiger partial charge in [0.15, 0.2) is 11.5 Å². The average molecular weight is 265 g/mol. The topological polar surface area (TPSA) is 39.7 Å². The largest absolute Gasteiger partial charge is 0.493 e. The van der Waals surface area contributed by atoms with E-state index in [1.807, 2.05) is 12.1 Å². The van der Waals surface area contributed by atoms with Crippen molar-refractivity contribution in [1.82, 2.24) is 5.32 Å². The van der Waals surface area contributed by atoms with E-state index in [1.165, 1.54) is 18.4 Å². The Morgan fingerprint density at radius 2 is 1.68 bits per heavy atom. The summed E-state index contributed by atoms with van der Waals surface area (Å²) in [6.45, 7) is 2.12. The van der Waals surface area contributed by atoms with Crippen molar-refractivity contribution < 1.29 is 14.2 Å². The zero-order valence-electron chi connectivity index (χ0n) is 12.0. The van der Waals surface area contributed by atoms with Crippen molar-refractivity contribution in [1.29, 1.82) is 0 Å². The summed E-state index contributed by atoms with van der Waals surface area (Å²) in [5.41, 5.74) is 1.19. The molecule has 0 unspecified atom stereocenters. The van der Waals surface area contributed by atoms with Crippen molar-refractivity contribution >= 4 is 0 Å². The Morgan fingerprint density at radius 1 is 1.05 bits per heavy atom. The molecule has 0 spiro atoms. The summed E-state index contributed by atoms with van der Waals surface area (Å²) >= 11 is 0. The molecular formula is C15H23NO3. The summed E-state index contributed by atoms with van der Waals surface area (Å²) in [6.07, 6.45) is 3.73. The lowest BCUT2D eigenvalue weighted by Gasteiger charge is -2.14. The zero-order chi connectivity index (χ0) is 13.7. The van der Waals surface area contributed by atoms with Crippen LogP contribution in [0.1, 0.15) is 18.4 Å². The van der Waals surface area contributed by atoms with E-state index < -0.39 is 0 Å². The molecule has 1 saturated carbocycles. The predicted molar refractivity (Wildman–Crippen MR) is 75.4 cm³/mol. The second kappa shape index (κ2) is 6.66. The molecule has 0 amide bonds. The van der Waals surface area contributed by atoms with Gasteiger partial charge in [0.1, 0.15) is 0 Å². The minimum Gasteiger partial charge on any atom is -0.493 e. The van der Waals surface area contributed by atoms with Crippen LogP contribution < -0.4 is 19.5 Å². The monoisotopic (exact) mass is 265 g/mol. The van der Waals surface area contributed by atoms with E-state index in [0.29, 0.717) is 5.75 Å². The molecule has 1 fully saturated rings.